The number of carbonyl (C=O) groups is 1. The van der Waals surface area contributed by atoms with E-state index in [0.29, 0.717) is 24.1 Å². The molecule has 0 aliphatic heterocycles. The second-order valence-electron chi connectivity index (χ2n) is 5.46. The molecular formula is C13H22N2O3. The first-order chi connectivity index (χ1) is 8.38. The van der Waals surface area contributed by atoms with Gasteiger partial charge in [-0.25, -0.2) is 0 Å². The van der Waals surface area contributed by atoms with Crippen LogP contribution >= 0.6 is 0 Å². The predicted molar refractivity (Wildman–Crippen MR) is 67.4 cm³/mol. The van der Waals surface area contributed by atoms with Gasteiger partial charge in [-0.1, -0.05) is 27.7 Å². The van der Waals surface area contributed by atoms with Crippen LogP contribution in [0.25, 0.3) is 0 Å². The van der Waals surface area contributed by atoms with Gasteiger partial charge in [0.1, 0.15) is 0 Å². The molecule has 0 spiro atoms. The van der Waals surface area contributed by atoms with Gasteiger partial charge in [0.15, 0.2) is 0 Å². The van der Waals surface area contributed by atoms with Crippen molar-refractivity contribution in [2.45, 2.75) is 59.3 Å². The minimum Gasteiger partial charge on any atom is -0.481 e. The van der Waals surface area contributed by atoms with Gasteiger partial charge >= 0.3 is 5.97 Å². The summed E-state index contributed by atoms with van der Waals surface area (Å²) in [7, 11) is 0. The summed E-state index contributed by atoms with van der Waals surface area (Å²) in [5.74, 6) is 0.692. The summed E-state index contributed by atoms with van der Waals surface area (Å²) in [5.41, 5.74) is -0.371. The molecule has 5 nitrogen and oxygen atoms in total. The Bertz CT molecular complexity index is 395. The molecule has 1 aromatic heterocycles. The molecule has 0 aliphatic carbocycles. The Morgan fingerprint density at radius 2 is 1.94 bits per heavy atom. The number of aliphatic carboxylic acids is 1. The van der Waals surface area contributed by atoms with Crippen molar-refractivity contribution in [3.8, 4) is 0 Å². The molecule has 0 aliphatic rings. The van der Waals surface area contributed by atoms with Gasteiger partial charge in [-0.15, -0.1) is 10.2 Å². The summed E-state index contributed by atoms with van der Waals surface area (Å²) in [5, 5.41) is 16.9. The first kappa shape index (κ1) is 14.7. The largest absolute Gasteiger partial charge is 0.481 e. The maximum atomic E-state index is 10.7. The minimum absolute atomic E-state index is 0.0930. The van der Waals surface area contributed by atoms with E-state index < -0.39 is 5.97 Å². The van der Waals surface area contributed by atoms with Gasteiger partial charge in [-0.2, -0.15) is 0 Å². The smallest absolute Gasteiger partial charge is 0.303 e. The van der Waals surface area contributed by atoms with Crippen LogP contribution in [0.1, 0.15) is 64.7 Å². The highest BCUT2D eigenvalue weighted by molar-refractivity contribution is 5.67. The minimum atomic E-state index is -0.806. The Hall–Kier alpha value is -1.39. The molecule has 0 saturated heterocycles. The average molecular weight is 254 g/mol. The molecule has 0 bridgehead atoms. The monoisotopic (exact) mass is 254 g/mol. The Labute approximate surface area is 108 Å². The van der Waals surface area contributed by atoms with Crippen LogP contribution in [0, 0.1) is 5.41 Å². The third kappa shape index (κ3) is 4.13. The van der Waals surface area contributed by atoms with Gasteiger partial charge in [0.05, 0.1) is 6.42 Å². The van der Waals surface area contributed by atoms with E-state index in [2.05, 4.69) is 24.0 Å². The maximum absolute atomic E-state index is 10.7. The quantitative estimate of drug-likeness (QED) is 0.809. The van der Waals surface area contributed by atoms with Crippen molar-refractivity contribution in [3.05, 3.63) is 11.8 Å². The second kappa shape index (κ2) is 5.98. The molecule has 1 N–H and O–H groups in total. The molecule has 0 unspecified atom stereocenters. The Morgan fingerprint density at radius 1 is 1.33 bits per heavy atom. The van der Waals surface area contributed by atoms with Crippen molar-refractivity contribution >= 4 is 5.97 Å². The van der Waals surface area contributed by atoms with Gasteiger partial charge in [0, 0.05) is 12.3 Å². The molecule has 0 amide bonds. The van der Waals surface area contributed by atoms with Crippen LogP contribution in [0.3, 0.4) is 0 Å². The van der Waals surface area contributed by atoms with Crippen molar-refractivity contribution in [1.29, 1.82) is 0 Å². The van der Waals surface area contributed by atoms with Gasteiger partial charge < -0.3 is 9.52 Å². The molecule has 0 aromatic carbocycles. The van der Waals surface area contributed by atoms with E-state index in [0.717, 1.165) is 12.8 Å². The number of carboxylic acids is 1. The van der Waals surface area contributed by atoms with Crippen LogP contribution in [0.2, 0.25) is 0 Å². The zero-order chi connectivity index (χ0) is 13.8. The molecule has 1 rings (SSSR count). The zero-order valence-electron chi connectivity index (χ0n) is 11.6. The molecular weight excluding hydrogens is 232 g/mol. The van der Waals surface area contributed by atoms with Gasteiger partial charge in [-0.3, -0.25) is 4.79 Å². The van der Waals surface area contributed by atoms with Crippen molar-refractivity contribution in [1.82, 2.24) is 10.2 Å². The number of nitrogens with zero attached hydrogens (tertiary/aromatic N) is 2. The van der Waals surface area contributed by atoms with Crippen LogP contribution in [-0.2, 0) is 11.2 Å². The summed E-state index contributed by atoms with van der Waals surface area (Å²) in [4.78, 5) is 10.7. The van der Waals surface area contributed by atoms with Crippen LogP contribution in [0.5, 0.6) is 0 Å². The number of carboxylic acid groups (broad SMARTS) is 1. The van der Waals surface area contributed by atoms with Crippen LogP contribution in [-0.4, -0.2) is 21.3 Å². The van der Waals surface area contributed by atoms with Crippen molar-refractivity contribution in [2.24, 2.45) is 5.41 Å². The highest BCUT2D eigenvalue weighted by Gasteiger charge is 2.26. The van der Waals surface area contributed by atoms with E-state index >= 15 is 0 Å². The highest BCUT2D eigenvalue weighted by Crippen LogP contribution is 2.27. The van der Waals surface area contributed by atoms with Crippen LogP contribution in [0.4, 0.5) is 0 Å². The molecule has 0 saturated carbocycles. The van der Waals surface area contributed by atoms with E-state index in [1.54, 1.807) is 0 Å². The average Bonchev–Trinajstić information content (AvgIpc) is 2.65. The molecule has 102 valence electrons. The third-order valence-corrected chi connectivity index (χ3v) is 3.08. The topological polar surface area (TPSA) is 76.2 Å². The molecule has 0 radical (unpaired) electrons. The van der Waals surface area contributed by atoms with Crippen molar-refractivity contribution in [2.75, 3.05) is 0 Å². The van der Waals surface area contributed by atoms with Gasteiger partial charge in [-0.05, 0) is 18.3 Å². The number of aromatic nitrogens is 2. The molecule has 1 aromatic rings. The first-order valence-electron chi connectivity index (χ1n) is 6.42. The number of hydrogen-bond donors (Lipinski definition) is 1. The van der Waals surface area contributed by atoms with Crippen LogP contribution in [0.15, 0.2) is 4.42 Å². The molecule has 5 heteroatoms. The fourth-order valence-electron chi connectivity index (χ4n) is 2.02. The van der Waals surface area contributed by atoms with E-state index in [-0.39, 0.29) is 11.8 Å². The summed E-state index contributed by atoms with van der Waals surface area (Å²) in [6.45, 7) is 7.96. The van der Waals surface area contributed by atoms with Crippen molar-refractivity contribution < 1.29 is 14.3 Å². The van der Waals surface area contributed by atoms with Gasteiger partial charge in [0.2, 0.25) is 11.8 Å². The van der Waals surface area contributed by atoms with E-state index in [9.17, 15) is 4.79 Å². The zero-order valence-corrected chi connectivity index (χ0v) is 11.6. The Balaban J connectivity index is 2.71. The number of hydrogen-bond acceptors (Lipinski definition) is 4. The summed E-state index contributed by atoms with van der Waals surface area (Å²) >= 11 is 0. The van der Waals surface area contributed by atoms with E-state index in [1.807, 2.05) is 13.8 Å². The summed E-state index contributed by atoms with van der Waals surface area (Å²) < 4.78 is 5.63. The standard InChI is InChI=1S/C13H22N2O3/c1-5-9(6-2)12-15-14-10(18-12)7-13(3,4)8-11(16)17/h9H,5-8H2,1-4H3,(H,16,17). The second-order valence-corrected chi connectivity index (χ2v) is 5.46. The molecule has 1 heterocycles. The van der Waals surface area contributed by atoms with Gasteiger partial charge in [0.25, 0.3) is 0 Å². The highest BCUT2D eigenvalue weighted by atomic mass is 16.4. The third-order valence-electron chi connectivity index (χ3n) is 3.08. The summed E-state index contributed by atoms with van der Waals surface area (Å²) in [6, 6.07) is 0. The van der Waals surface area contributed by atoms with Crippen LogP contribution < -0.4 is 0 Å². The predicted octanol–water partition coefficient (Wildman–Crippen LogP) is 3.02. The SMILES string of the molecule is CCC(CC)c1nnc(CC(C)(C)CC(=O)O)o1. The molecule has 18 heavy (non-hydrogen) atoms. The first-order valence-corrected chi connectivity index (χ1v) is 6.42. The fraction of sp³-hybridized carbons (Fsp3) is 0.769. The molecule has 0 atom stereocenters. The lowest BCUT2D eigenvalue weighted by molar-refractivity contribution is -0.139. The maximum Gasteiger partial charge on any atom is 0.303 e. The summed E-state index contributed by atoms with van der Waals surface area (Å²) in [6.07, 6.45) is 2.52. The normalized spacial score (nSPS) is 12.1. The molecule has 0 fully saturated rings. The Kier molecular flexibility index (Phi) is 4.87. The van der Waals surface area contributed by atoms with E-state index in [4.69, 9.17) is 9.52 Å². The van der Waals surface area contributed by atoms with E-state index in [1.165, 1.54) is 0 Å². The lowest BCUT2D eigenvalue weighted by atomic mass is 9.86. The lowest BCUT2D eigenvalue weighted by Crippen LogP contribution is -2.19. The lowest BCUT2D eigenvalue weighted by Gasteiger charge is -2.19. The fourth-order valence-corrected chi connectivity index (χ4v) is 2.02. The number of rotatable bonds is 7. The van der Waals surface area contributed by atoms with Crippen molar-refractivity contribution in [3.63, 3.8) is 0 Å². The Morgan fingerprint density at radius 3 is 2.44 bits per heavy atom.